The Morgan fingerprint density at radius 1 is 1.42 bits per heavy atom. The maximum absolute atomic E-state index is 12.0. The Morgan fingerprint density at radius 3 is 2.92 bits per heavy atom. The molecular formula is C15H15N3O4S2. The van der Waals surface area contributed by atoms with Crippen molar-refractivity contribution in [3.63, 3.8) is 0 Å². The average Bonchev–Trinajstić information content (AvgIpc) is 3.27. The molecule has 3 heterocycles. The van der Waals surface area contributed by atoms with E-state index >= 15 is 0 Å². The summed E-state index contributed by atoms with van der Waals surface area (Å²) in [5, 5.41) is 11.6. The zero-order chi connectivity index (χ0) is 17.1. The lowest BCUT2D eigenvalue weighted by atomic mass is 10.3. The molecule has 1 atom stereocenters. The Morgan fingerprint density at radius 2 is 2.25 bits per heavy atom. The molecule has 3 aromatic rings. The Hall–Kier alpha value is -2.26. The van der Waals surface area contributed by atoms with Crippen molar-refractivity contribution in [1.29, 1.82) is 0 Å². The number of rotatable bonds is 6. The first-order valence-corrected chi connectivity index (χ1v) is 9.02. The summed E-state index contributed by atoms with van der Waals surface area (Å²) in [7, 11) is 0. The number of esters is 1. The van der Waals surface area contributed by atoms with Crippen LogP contribution in [0.1, 0.15) is 31.0 Å². The predicted molar refractivity (Wildman–Crippen MR) is 90.1 cm³/mol. The second-order valence-corrected chi connectivity index (χ2v) is 6.87. The number of hydrogen-bond acceptors (Lipinski definition) is 8. The van der Waals surface area contributed by atoms with E-state index in [9.17, 15) is 9.59 Å². The number of aryl methyl sites for hydroxylation is 1. The molecule has 0 spiro atoms. The van der Waals surface area contributed by atoms with E-state index in [0.717, 1.165) is 21.9 Å². The van der Waals surface area contributed by atoms with Crippen LogP contribution in [0.15, 0.2) is 32.1 Å². The third-order valence-corrected chi connectivity index (χ3v) is 5.08. The maximum atomic E-state index is 12.0. The molecule has 7 nitrogen and oxygen atoms in total. The lowest BCUT2D eigenvalue weighted by molar-refractivity contribution is -0.149. The minimum Gasteiger partial charge on any atom is -0.453 e. The third kappa shape index (κ3) is 3.62. The van der Waals surface area contributed by atoms with Crippen LogP contribution in [0.25, 0.3) is 10.8 Å². The van der Waals surface area contributed by atoms with E-state index in [-0.39, 0.29) is 17.2 Å². The van der Waals surface area contributed by atoms with Crippen molar-refractivity contribution in [2.75, 3.05) is 0 Å². The van der Waals surface area contributed by atoms with Crippen molar-refractivity contribution >= 4 is 28.6 Å². The van der Waals surface area contributed by atoms with Crippen molar-refractivity contribution in [2.24, 2.45) is 0 Å². The first-order chi connectivity index (χ1) is 11.5. The normalized spacial score (nSPS) is 12.2. The van der Waals surface area contributed by atoms with E-state index in [1.807, 2.05) is 24.4 Å². The van der Waals surface area contributed by atoms with Crippen LogP contribution in [-0.4, -0.2) is 20.7 Å². The van der Waals surface area contributed by atoms with E-state index in [4.69, 9.17) is 9.15 Å². The number of thiophene rings is 1. The van der Waals surface area contributed by atoms with Gasteiger partial charge in [0.25, 0.3) is 11.8 Å². The van der Waals surface area contributed by atoms with Gasteiger partial charge in [-0.3, -0.25) is 9.59 Å². The molecule has 9 heteroatoms. The zero-order valence-corrected chi connectivity index (χ0v) is 14.7. The first kappa shape index (κ1) is 16.6. The van der Waals surface area contributed by atoms with Gasteiger partial charge in [0.1, 0.15) is 0 Å². The van der Waals surface area contributed by atoms with Crippen LogP contribution >= 0.6 is 22.7 Å². The molecule has 0 fully saturated rings. The lowest BCUT2D eigenvalue weighted by Crippen LogP contribution is -2.18. The van der Waals surface area contributed by atoms with Crippen LogP contribution in [-0.2, 0) is 16.1 Å². The van der Waals surface area contributed by atoms with E-state index in [0.29, 0.717) is 12.4 Å². The summed E-state index contributed by atoms with van der Waals surface area (Å²) in [6.07, 6.45) is -0.535. The summed E-state index contributed by atoms with van der Waals surface area (Å²) < 4.78 is 12.4. The number of thiazole rings is 1. The highest BCUT2D eigenvalue weighted by Crippen LogP contribution is 2.25. The highest BCUT2D eigenvalue weighted by Gasteiger charge is 2.19. The molecule has 24 heavy (non-hydrogen) atoms. The minimum atomic E-state index is -0.640. The number of carbonyl (C=O) groups is 1. The third-order valence-electron chi connectivity index (χ3n) is 3.34. The van der Waals surface area contributed by atoms with Gasteiger partial charge in [0.2, 0.25) is 0 Å². The van der Waals surface area contributed by atoms with E-state index in [1.54, 1.807) is 16.9 Å². The number of ether oxygens (including phenoxy) is 1. The van der Waals surface area contributed by atoms with E-state index in [1.165, 1.54) is 11.3 Å². The minimum absolute atomic E-state index is 0.0779. The summed E-state index contributed by atoms with van der Waals surface area (Å²) in [6, 6.07) is 3.77. The fourth-order valence-corrected chi connectivity index (χ4v) is 3.49. The van der Waals surface area contributed by atoms with Crippen molar-refractivity contribution in [1.82, 2.24) is 14.8 Å². The molecule has 0 saturated heterocycles. The predicted octanol–water partition coefficient (Wildman–Crippen LogP) is 3.02. The van der Waals surface area contributed by atoms with Crippen molar-refractivity contribution < 1.29 is 13.9 Å². The van der Waals surface area contributed by atoms with Crippen LogP contribution in [0, 0.1) is 6.92 Å². The van der Waals surface area contributed by atoms with Crippen LogP contribution in [0.2, 0.25) is 0 Å². The van der Waals surface area contributed by atoms with E-state index < -0.39 is 12.1 Å². The average molecular weight is 365 g/mol. The molecule has 0 radical (unpaired) electrons. The smallest absolute Gasteiger partial charge is 0.308 e. The molecule has 0 aromatic carbocycles. The SMILES string of the molecule is Cc1csc(=O)n1CCC(=O)OC(C)c1nnc(-c2cccs2)o1. The van der Waals surface area contributed by atoms with Gasteiger partial charge in [-0.25, -0.2) is 0 Å². The highest BCUT2D eigenvalue weighted by atomic mass is 32.1. The van der Waals surface area contributed by atoms with Gasteiger partial charge in [-0.1, -0.05) is 17.4 Å². The van der Waals surface area contributed by atoms with Gasteiger partial charge in [0.05, 0.1) is 11.3 Å². The Balaban J connectivity index is 1.57. The van der Waals surface area contributed by atoms with Crippen LogP contribution in [0.4, 0.5) is 0 Å². The second kappa shape index (κ2) is 7.10. The quantitative estimate of drug-likeness (QED) is 0.624. The van der Waals surface area contributed by atoms with Gasteiger partial charge >= 0.3 is 10.8 Å². The fourth-order valence-electron chi connectivity index (χ4n) is 2.08. The molecule has 0 N–H and O–H groups in total. The Labute approximate surface area is 145 Å². The molecule has 0 aliphatic carbocycles. The first-order valence-electron chi connectivity index (χ1n) is 7.26. The molecule has 0 bridgehead atoms. The van der Waals surface area contributed by atoms with Crippen LogP contribution in [0.5, 0.6) is 0 Å². The largest absolute Gasteiger partial charge is 0.453 e. The second-order valence-electron chi connectivity index (χ2n) is 5.10. The lowest BCUT2D eigenvalue weighted by Gasteiger charge is -2.09. The van der Waals surface area contributed by atoms with E-state index in [2.05, 4.69) is 10.2 Å². The van der Waals surface area contributed by atoms with Gasteiger partial charge < -0.3 is 13.7 Å². The van der Waals surface area contributed by atoms with Crippen molar-refractivity contribution in [3.8, 4) is 10.8 Å². The van der Waals surface area contributed by atoms with Gasteiger partial charge in [0, 0.05) is 17.6 Å². The highest BCUT2D eigenvalue weighted by molar-refractivity contribution is 7.13. The van der Waals surface area contributed by atoms with Gasteiger partial charge in [-0.15, -0.1) is 21.5 Å². The van der Waals surface area contributed by atoms with Gasteiger partial charge in [-0.05, 0) is 25.3 Å². The standard InChI is InChI=1S/C15H15N3O4S2/c1-9-8-24-15(20)18(9)6-5-12(19)21-10(2)13-16-17-14(22-13)11-4-3-7-23-11/h3-4,7-8,10H,5-6H2,1-2H3. The Bertz CT molecular complexity index is 879. The Kier molecular flexibility index (Phi) is 4.91. The van der Waals surface area contributed by atoms with Crippen LogP contribution < -0.4 is 4.87 Å². The number of aromatic nitrogens is 3. The number of carbonyl (C=O) groups excluding carboxylic acids is 1. The molecule has 0 saturated carbocycles. The number of hydrogen-bond donors (Lipinski definition) is 0. The fraction of sp³-hybridized carbons (Fsp3) is 0.333. The molecular weight excluding hydrogens is 350 g/mol. The summed E-state index contributed by atoms with van der Waals surface area (Å²) in [5.41, 5.74) is 0.836. The summed E-state index contributed by atoms with van der Waals surface area (Å²) in [6.45, 7) is 3.80. The summed E-state index contributed by atoms with van der Waals surface area (Å²) >= 11 is 2.61. The molecule has 126 valence electrons. The molecule has 3 aromatic heterocycles. The van der Waals surface area contributed by atoms with Crippen molar-refractivity contribution in [3.05, 3.63) is 44.1 Å². The molecule has 0 amide bonds. The summed E-state index contributed by atoms with van der Waals surface area (Å²) in [4.78, 5) is 24.3. The topological polar surface area (TPSA) is 87.2 Å². The molecule has 0 aliphatic rings. The zero-order valence-electron chi connectivity index (χ0n) is 13.1. The summed E-state index contributed by atoms with van der Waals surface area (Å²) in [5.74, 6) is 0.231. The molecule has 1 unspecified atom stereocenters. The molecule has 0 aliphatic heterocycles. The number of nitrogens with zero attached hydrogens (tertiary/aromatic N) is 3. The monoisotopic (exact) mass is 365 g/mol. The molecule has 3 rings (SSSR count). The van der Waals surface area contributed by atoms with Crippen molar-refractivity contribution in [2.45, 2.75) is 32.9 Å². The van der Waals surface area contributed by atoms with Gasteiger partial charge in [-0.2, -0.15) is 0 Å². The maximum Gasteiger partial charge on any atom is 0.308 e. The van der Waals surface area contributed by atoms with Crippen LogP contribution in [0.3, 0.4) is 0 Å². The van der Waals surface area contributed by atoms with Gasteiger partial charge in [0.15, 0.2) is 6.10 Å².